The molecule has 1 aromatic heterocycles. The van der Waals surface area contributed by atoms with Crippen LogP contribution in [0.25, 0.3) is 0 Å². The van der Waals surface area contributed by atoms with E-state index in [0.717, 1.165) is 10.2 Å². The molecular formula is C13H14BrNOS. The van der Waals surface area contributed by atoms with Crippen molar-refractivity contribution < 1.29 is 4.74 Å². The Balaban J connectivity index is 2.07. The minimum absolute atomic E-state index is 0.588. The molecule has 2 aromatic rings. The lowest BCUT2D eigenvalue weighted by Gasteiger charge is -2.07. The average Bonchev–Trinajstić information content (AvgIpc) is 2.69. The molecule has 4 heteroatoms. The van der Waals surface area contributed by atoms with Crippen molar-refractivity contribution in [2.75, 3.05) is 0 Å². The molecule has 17 heavy (non-hydrogen) atoms. The molecule has 2 nitrogen and oxygen atoms in total. The Labute approximate surface area is 114 Å². The lowest BCUT2D eigenvalue weighted by Crippen LogP contribution is -1.96. The maximum absolute atomic E-state index is 5.78. The summed E-state index contributed by atoms with van der Waals surface area (Å²) in [5, 5.41) is 0. The van der Waals surface area contributed by atoms with E-state index >= 15 is 0 Å². The molecule has 0 atom stereocenters. The second-order valence-electron chi connectivity index (χ2n) is 3.72. The van der Waals surface area contributed by atoms with Crippen molar-refractivity contribution in [1.82, 2.24) is 0 Å². The fourth-order valence-corrected chi connectivity index (χ4v) is 2.87. The highest BCUT2D eigenvalue weighted by Crippen LogP contribution is 2.27. The van der Waals surface area contributed by atoms with Gasteiger partial charge in [0.1, 0.15) is 12.4 Å². The first-order chi connectivity index (χ1) is 8.20. The van der Waals surface area contributed by atoms with Crippen LogP contribution >= 0.6 is 27.3 Å². The molecule has 0 unspecified atom stereocenters. The topological polar surface area (TPSA) is 35.2 Å². The minimum atomic E-state index is 0.588. The van der Waals surface area contributed by atoms with Gasteiger partial charge in [-0.2, -0.15) is 0 Å². The monoisotopic (exact) mass is 311 g/mol. The van der Waals surface area contributed by atoms with Crippen molar-refractivity contribution in [2.45, 2.75) is 20.1 Å². The van der Waals surface area contributed by atoms with Crippen LogP contribution in [0, 0.1) is 6.92 Å². The van der Waals surface area contributed by atoms with Crippen LogP contribution in [-0.2, 0) is 13.2 Å². The molecule has 0 aliphatic carbocycles. The summed E-state index contributed by atoms with van der Waals surface area (Å²) in [6.07, 6.45) is 0. The van der Waals surface area contributed by atoms with Gasteiger partial charge in [-0.05, 0) is 41.1 Å². The summed E-state index contributed by atoms with van der Waals surface area (Å²) in [7, 11) is 0. The molecule has 0 aliphatic rings. The van der Waals surface area contributed by atoms with Gasteiger partial charge in [-0.3, -0.25) is 0 Å². The first-order valence-corrected chi connectivity index (χ1v) is 6.97. The predicted octanol–water partition coefficient (Wildman–Crippen LogP) is 3.86. The van der Waals surface area contributed by atoms with E-state index < -0.39 is 0 Å². The summed E-state index contributed by atoms with van der Waals surface area (Å²) >= 11 is 5.20. The van der Waals surface area contributed by atoms with Gasteiger partial charge in [0.15, 0.2) is 0 Å². The number of hydrogen-bond donors (Lipinski definition) is 1. The van der Waals surface area contributed by atoms with Crippen molar-refractivity contribution in [1.29, 1.82) is 0 Å². The van der Waals surface area contributed by atoms with Gasteiger partial charge in [-0.1, -0.05) is 12.1 Å². The lowest BCUT2D eigenvalue weighted by atomic mass is 10.2. The third-order valence-corrected chi connectivity index (χ3v) is 4.26. The van der Waals surface area contributed by atoms with E-state index in [2.05, 4.69) is 28.9 Å². The quantitative estimate of drug-likeness (QED) is 0.930. The van der Waals surface area contributed by atoms with E-state index in [1.165, 1.54) is 15.3 Å². The molecule has 0 aliphatic heterocycles. The van der Waals surface area contributed by atoms with Crippen LogP contribution in [0.3, 0.4) is 0 Å². The van der Waals surface area contributed by atoms with E-state index in [1.54, 1.807) is 11.3 Å². The average molecular weight is 312 g/mol. The predicted molar refractivity (Wildman–Crippen MR) is 75.4 cm³/mol. The molecule has 0 bridgehead atoms. The van der Waals surface area contributed by atoms with Crippen LogP contribution in [0.5, 0.6) is 5.75 Å². The second kappa shape index (κ2) is 5.67. The van der Waals surface area contributed by atoms with Crippen LogP contribution in [0.4, 0.5) is 0 Å². The Hall–Kier alpha value is -0.840. The zero-order valence-corrected chi connectivity index (χ0v) is 12.0. The molecule has 0 radical (unpaired) electrons. The van der Waals surface area contributed by atoms with Gasteiger partial charge in [0.2, 0.25) is 0 Å². The van der Waals surface area contributed by atoms with E-state index in [4.69, 9.17) is 10.5 Å². The number of thiophene rings is 1. The van der Waals surface area contributed by atoms with E-state index in [-0.39, 0.29) is 0 Å². The van der Waals surface area contributed by atoms with Gasteiger partial charge in [-0.15, -0.1) is 11.3 Å². The van der Waals surface area contributed by atoms with Crippen molar-refractivity contribution >= 4 is 27.3 Å². The highest BCUT2D eigenvalue weighted by Gasteiger charge is 2.06. The third kappa shape index (κ3) is 3.09. The molecule has 0 spiro atoms. The van der Waals surface area contributed by atoms with Crippen LogP contribution in [0.2, 0.25) is 0 Å². The number of halogens is 1. The molecule has 1 heterocycles. The number of para-hydroxylation sites is 1. The number of aryl methyl sites for hydroxylation is 1. The summed E-state index contributed by atoms with van der Waals surface area (Å²) in [6.45, 7) is 3.29. The maximum atomic E-state index is 5.78. The highest BCUT2D eigenvalue weighted by atomic mass is 79.9. The Morgan fingerprint density at radius 2 is 2.12 bits per heavy atom. The molecule has 0 fully saturated rings. The van der Waals surface area contributed by atoms with Gasteiger partial charge < -0.3 is 10.5 Å². The summed E-state index contributed by atoms with van der Waals surface area (Å²) < 4.78 is 6.76. The summed E-state index contributed by atoms with van der Waals surface area (Å²) in [5.41, 5.74) is 6.84. The third-order valence-electron chi connectivity index (χ3n) is 2.49. The molecule has 2 rings (SSSR count). The van der Waals surface area contributed by atoms with Gasteiger partial charge in [-0.25, -0.2) is 0 Å². The SMILES string of the molecule is Cc1sc(CN)cc1COc1ccccc1Br. The van der Waals surface area contributed by atoms with Crippen LogP contribution in [-0.4, -0.2) is 0 Å². The highest BCUT2D eigenvalue weighted by molar-refractivity contribution is 9.10. The molecule has 0 saturated carbocycles. The largest absolute Gasteiger partial charge is 0.488 e. The standard InChI is InChI=1S/C13H14BrNOS/c1-9-10(6-11(7-15)17-9)8-16-13-5-3-2-4-12(13)14/h2-6H,7-8,15H2,1H3. The Kier molecular flexibility index (Phi) is 4.20. The molecule has 90 valence electrons. The Bertz CT molecular complexity index is 510. The molecular weight excluding hydrogens is 298 g/mol. The van der Waals surface area contributed by atoms with E-state index in [9.17, 15) is 0 Å². The number of benzene rings is 1. The number of rotatable bonds is 4. The van der Waals surface area contributed by atoms with Gasteiger partial charge >= 0.3 is 0 Å². The first kappa shape index (κ1) is 12.6. The van der Waals surface area contributed by atoms with Crippen LogP contribution in [0.15, 0.2) is 34.8 Å². The fourth-order valence-electron chi connectivity index (χ4n) is 1.55. The Morgan fingerprint density at radius 3 is 2.76 bits per heavy atom. The summed E-state index contributed by atoms with van der Waals surface area (Å²) in [4.78, 5) is 2.48. The van der Waals surface area contributed by atoms with Crippen LogP contribution in [0.1, 0.15) is 15.3 Å². The molecule has 0 saturated heterocycles. The summed E-state index contributed by atoms with van der Waals surface area (Å²) in [5.74, 6) is 0.868. The zero-order chi connectivity index (χ0) is 12.3. The molecule has 1 aromatic carbocycles. The maximum Gasteiger partial charge on any atom is 0.133 e. The Morgan fingerprint density at radius 1 is 1.35 bits per heavy atom. The van der Waals surface area contributed by atoms with E-state index in [0.29, 0.717) is 13.2 Å². The zero-order valence-electron chi connectivity index (χ0n) is 9.57. The molecule has 2 N–H and O–H groups in total. The minimum Gasteiger partial charge on any atom is -0.488 e. The van der Waals surface area contributed by atoms with Crippen molar-refractivity contribution in [3.05, 3.63) is 50.1 Å². The number of ether oxygens (including phenoxy) is 1. The van der Waals surface area contributed by atoms with Gasteiger partial charge in [0.05, 0.1) is 4.47 Å². The second-order valence-corrected chi connectivity index (χ2v) is 5.91. The number of nitrogens with two attached hydrogens (primary N) is 1. The lowest BCUT2D eigenvalue weighted by molar-refractivity contribution is 0.304. The van der Waals surface area contributed by atoms with Gasteiger partial charge in [0.25, 0.3) is 0 Å². The number of hydrogen-bond acceptors (Lipinski definition) is 3. The van der Waals surface area contributed by atoms with Gasteiger partial charge in [0, 0.05) is 21.9 Å². The van der Waals surface area contributed by atoms with E-state index in [1.807, 2.05) is 24.3 Å². The molecule has 0 amide bonds. The fraction of sp³-hybridized carbons (Fsp3) is 0.231. The smallest absolute Gasteiger partial charge is 0.133 e. The normalized spacial score (nSPS) is 10.5. The van der Waals surface area contributed by atoms with Crippen molar-refractivity contribution in [2.24, 2.45) is 5.73 Å². The first-order valence-electron chi connectivity index (χ1n) is 5.36. The van der Waals surface area contributed by atoms with Crippen molar-refractivity contribution in [3.8, 4) is 5.75 Å². The van der Waals surface area contributed by atoms with Crippen LogP contribution < -0.4 is 10.5 Å². The van der Waals surface area contributed by atoms with Crippen molar-refractivity contribution in [3.63, 3.8) is 0 Å². The summed E-state index contributed by atoms with van der Waals surface area (Å²) in [6, 6.07) is 9.98.